The highest BCUT2D eigenvalue weighted by molar-refractivity contribution is 6.17. The van der Waals surface area contributed by atoms with E-state index in [0.29, 0.717) is 6.67 Å². The molecule has 0 atom stereocenters. The number of para-hydroxylation sites is 2. The third kappa shape index (κ3) is 6.39. The summed E-state index contributed by atoms with van der Waals surface area (Å²) in [4.78, 5) is 10.1. The van der Waals surface area contributed by atoms with Gasteiger partial charge in [0.15, 0.2) is 0 Å². The molecule has 294 valence electrons. The quantitative estimate of drug-likeness (QED) is 0.0978. The Morgan fingerprint density at radius 3 is 2.02 bits per heavy atom. The molecule has 1 aliphatic rings. The number of hydrogen-bond donors (Lipinski definition) is 0. The lowest BCUT2D eigenvalue weighted by Gasteiger charge is -2.19. The van der Waals surface area contributed by atoms with Crippen LogP contribution in [0, 0.1) is 5.41 Å². The molecule has 0 saturated heterocycles. The average molecular weight is 787 g/mol. The monoisotopic (exact) mass is 786 g/mol. The molecule has 7 aromatic carbocycles. The van der Waals surface area contributed by atoms with Gasteiger partial charge in [-0.3, -0.25) is 9.98 Å². The number of fused-ring (bicyclic) bond motifs is 7. The maximum absolute atomic E-state index is 5.53. The minimum Gasteiger partial charge on any atom is -0.320 e. The van der Waals surface area contributed by atoms with Gasteiger partial charge in [0.2, 0.25) is 0 Å². The van der Waals surface area contributed by atoms with Crippen LogP contribution in [0.2, 0.25) is 0 Å². The van der Waals surface area contributed by atoms with Crippen LogP contribution >= 0.6 is 0 Å². The zero-order valence-corrected chi connectivity index (χ0v) is 34.8. The molecule has 0 N–H and O–H groups in total. The summed E-state index contributed by atoms with van der Waals surface area (Å²) in [6, 6.07) is 54.9. The first kappa shape index (κ1) is 37.7. The lowest BCUT2D eigenvalue weighted by molar-refractivity contribution is 0.584. The van der Waals surface area contributed by atoms with Gasteiger partial charge in [0.05, 0.1) is 33.5 Å². The van der Waals surface area contributed by atoms with Crippen molar-refractivity contribution in [1.82, 2.24) is 9.13 Å². The molecule has 0 radical (unpaired) electrons. The van der Waals surface area contributed by atoms with E-state index in [1.54, 1.807) is 0 Å². The molecule has 0 aliphatic heterocycles. The van der Waals surface area contributed by atoms with E-state index >= 15 is 0 Å². The molecule has 1 aliphatic carbocycles. The van der Waals surface area contributed by atoms with Crippen LogP contribution in [-0.4, -0.2) is 21.6 Å². The summed E-state index contributed by atoms with van der Waals surface area (Å²) >= 11 is 0. The third-order valence-electron chi connectivity index (χ3n) is 12.3. The number of benzene rings is 7. The second-order valence-electron chi connectivity index (χ2n) is 16.3. The van der Waals surface area contributed by atoms with Gasteiger partial charge in [0.25, 0.3) is 0 Å². The Bertz CT molecular complexity index is 3400. The van der Waals surface area contributed by atoms with Crippen molar-refractivity contribution in [3.8, 4) is 22.3 Å². The average Bonchev–Trinajstić information content (AvgIpc) is 3.92. The predicted molar refractivity (Wildman–Crippen MR) is 263 cm³/mol. The Morgan fingerprint density at radius 1 is 0.639 bits per heavy atom. The van der Waals surface area contributed by atoms with Gasteiger partial charge in [-0.05, 0) is 101 Å². The first-order valence-electron chi connectivity index (χ1n) is 20.9. The van der Waals surface area contributed by atoms with Crippen LogP contribution in [0.25, 0.3) is 82.3 Å². The van der Waals surface area contributed by atoms with Crippen molar-refractivity contribution in [3.05, 3.63) is 212 Å². The molecule has 0 bridgehead atoms. The molecule has 2 heterocycles. The van der Waals surface area contributed by atoms with Crippen molar-refractivity contribution in [2.24, 2.45) is 15.4 Å². The predicted octanol–water partition coefficient (Wildman–Crippen LogP) is 15.0. The van der Waals surface area contributed by atoms with Crippen molar-refractivity contribution in [2.45, 2.75) is 27.4 Å². The van der Waals surface area contributed by atoms with Gasteiger partial charge in [0, 0.05) is 43.8 Å². The smallest absolute Gasteiger partial charge is 0.115 e. The maximum Gasteiger partial charge on any atom is 0.115 e. The number of hydrogen-bond acceptors (Lipinski definition) is 2. The van der Waals surface area contributed by atoms with Crippen molar-refractivity contribution in [3.63, 3.8) is 0 Å². The van der Waals surface area contributed by atoms with Crippen LogP contribution in [0.15, 0.2) is 216 Å². The van der Waals surface area contributed by atoms with E-state index in [9.17, 15) is 0 Å². The Balaban J connectivity index is 1.10. The molecule has 0 saturated carbocycles. The summed E-state index contributed by atoms with van der Waals surface area (Å²) in [7, 11) is 0. The van der Waals surface area contributed by atoms with Crippen molar-refractivity contribution >= 4 is 72.5 Å². The van der Waals surface area contributed by atoms with E-state index in [1.165, 1.54) is 49.0 Å². The summed E-state index contributed by atoms with van der Waals surface area (Å²) in [5, 5.41) is 7.27. The molecule has 4 nitrogen and oxygen atoms in total. The van der Waals surface area contributed by atoms with Crippen molar-refractivity contribution in [1.29, 1.82) is 0 Å². The molecule has 10 rings (SSSR count). The van der Waals surface area contributed by atoms with Crippen molar-refractivity contribution in [2.75, 3.05) is 0 Å². The topological polar surface area (TPSA) is 34.6 Å². The summed E-state index contributed by atoms with van der Waals surface area (Å²) in [5.41, 5.74) is 13.9. The zero-order chi connectivity index (χ0) is 41.7. The summed E-state index contributed by atoms with van der Waals surface area (Å²) in [5.74, 6) is 0. The van der Waals surface area contributed by atoms with Gasteiger partial charge >= 0.3 is 0 Å². The maximum atomic E-state index is 5.53. The fourth-order valence-electron chi connectivity index (χ4n) is 9.31. The fraction of sp³-hybridized carbons (Fsp3) is 0.0877. The highest BCUT2D eigenvalue weighted by Gasteiger charge is 2.30. The first-order valence-corrected chi connectivity index (χ1v) is 20.9. The van der Waals surface area contributed by atoms with Gasteiger partial charge in [-0.25, -0.2) is 0 Å². The van der Waals surface area contributed by atoms with Gasteiger partial charge < -0.3 is 9.13 Å². The van der Waals surface area contributed by atoms with E-state index in [4.69, 9.17) is 4.99 Å². The lowest BCUT2D eigenvalue weighted by atomic mass is 9.90. The van der Waals surface area contributed by atoms with E-state index < -0.39 is 0 Å². The third-order valence-corrected chi connectivity index (χ3v) is 12.3. The molecule has 4 heteroatoms. The molecule has 0 fully saturated rings. The summed E-state index contributed by atoms with van der Waals surface area (Å²) < 4.78 is 4.65. The Morgan fingerprint density at radius 2 is 1.26 bits per heavy atom. The second-order valence-corrected chi connectivity index (χ2v) is 16.3. The van der Waals surface area contributed by atoms with E-state index in [1.807, 2.05) is 19.1 Å². The van der Waals surface area contributed by atoms with Crippen LogP contribution in [-0.2, 0) is 6.67 Å². The van der Waals surface area contributed by atoms with Gasteiger partial charge in [0.1, 0.15) is 6.67 Å². The van der Waals surface area contributed by atoms with Crippen molar-refractivity contribution < 1.29 is 0 Å². The fourth-order valence-corrected chi connectivity index (χ4v) is 9.31. The molecular formula is C57H46N4. The number of rotatable bonds is 10. The number of allylic oxidation sites excluding steroid dienone is 8. The minimum absolute atomic E-state index is 0.261. The highest BCUT2D eigenvalue weighted by Crippen LogP contribution is 2.41. The summed E-state index contributed by atoms with van der Waals surface area (Å²) in [6.45, 7) is 15.0. The van der Waals surface area contributed by atoms with Gasteiger partial charge in [-0.1, -0.05) is 154 Å². The van der Waals surface area contributed by atoms with Crippen LogP contribution < -0.4 is 0 Å². The van der Waals surface area contributed by atoms with E-state index in [0.717, 1.165) is 55.9 Å². The van der Waals surface area contributed by atoms with Crippen LogP contribution in [0.1, 0.15) is 26.3 Å². The lowest BCUT2D eigenvalue weighted by Crippen LogP contribution is -2.12. The van der Waals surface area contributed by atoms with Gasteiger partial charge in [-0.2, -0.15) is 0 Å². The Hall–Kier alpha value is -7.56. The summed E-state index contributed by atoms with van der Waals surface area (Å²) in [6.07, 6.45) is 12.5. The SMILES string of the molecule is C=C/C(=C\C=C/C)n1c2ccccc2c2cc(-c3ccc4c(c3)c3ccccc3n4C/N=C(\C3=C(N=C)C(C)(C)C=C3)c3cccc(-c4cccc5ccccc45)c3)ccc21. The number of aromatic nitrogens is 2. The molecule has 2 aromatic heterocycles. The van der Waals surface area contributed by atoms with E-state index in [2.05, 4.69) is 217 Å². The minimum atomic E-state index is -0.261. The van der Waals surface area contributed by atoms with Crippen LogP contribution in [0.3, 0.4) is 0 Å². The molecule has 0 amide bonds. The Kier molecular flexibility index (Phi) is 9.41. The second kappa shape index (κ2) is 15.2. The largest absolute Gasteiger partial charge is 0.320 e. The number of nitrogens with zero attached hydrogens (tertiary/aromatic N) is 4. The Labute approximate surface area is 356 Å². The standard InChI is InChI=1S/C57H46N4/c1-6-8-21-43(7-2)61-53-27-14-12-24-47(53)50-36-40(29-31-54(50)61)39-28-30-52-49(35-39)46-23-11-13-26-51(46)60(52)37-59-55(48-32-33-57(3,4)56(48)58-5)42-20-15-19-41(34-42)45-25-16-18-38-17-9-10-22-44(38)45/h6-36H,2,5,37H2,1,3-4H3/b8-6-,43-21+,59-55-. The van der Waals surface area contributed by atoms with Crippen LogP contribution in [0.5, 0.6) is 0 Å². The van der Waals surface area contributed by atoms with Gasteiger partial charge in [-0.15, -0.1) is 0 Å². The first-order chi connectivity index (χ1) is 29.9. The molecular weight excluding hydrogens is 741 g/mol. The molecule has 61 heavy (non-hydrogen) atoms. The molecule has 0 unspecified atom stereocenters. The molecule has 9 aromatic rings. The van der Waals surface area contributed by atoms with Crippen LogP contribution in [0.4, 0.5) is 0 Å². The zero-order valence-electron chi connectivity index (χ0n) is 34.8. The highest BCUT2D eigenvalue weighted by atomic mass is 15.1. The molecule has 0 spiro atoms. The van der Waals surface area contributed by atoms with E-state index in [-0.39, 0.29) is 5.41 Å². The number of aliphatic imine (C=N–C) groups is 2. The normalized spacial score (nSPS) is 14.5.